The summed E-state index contributed by atoms with van der Waals surface area (Å²) in [5.41, 5.74) is 6.89. The van der Waals surface area contributed by atoms with Gasteiger partial charge in [0.2, 0.25) is 0 Å². The van der Waals surface area contributed by atoms with Gasteiger partial charge in [0.15, 0.2) is 5.52 Å². The number of hydrogen-bond acceptors (Lipinski definition) is 2. The molecule has 2 nitrogen and oxygen atoms in total. The molecule has 4 heteroatoms. The molecule has 2 rings (SSSR count). The molecule has 0 spiro atoms. The monoisotopic (exact) mass is 350 g/mol. The van der Waals surface area contributed by atoms with Crippen molar-refractivity contribution in [3.05, 3.63) is 57.6 Å². The van der Waals surface area contributed by atoms with Crippen molar-refractivity contribution in [2.24, 2.45) is 0 Å². The van der Waals surface area contributed by atoms with E-state index in [2.05, 4.69) is 40.7 Å². The summed E-state index contributed by atoms with van der Waals surface area (Å²) in [4.78, 5) is 12.9. The van der Waals surface area contributed by atoms with Crippen LogP contribution in [0.25, 0.3) is 0 Å². The molecule has 0 aromatic heterocycles. The molecule has 1 atom stereocenters. The Morgan fingerprint density at radius 1 is 0.960 bits per heavy atom. The standard InChI is InChI=1S/C21H27O2P.Li.H/c1-7-10-23-18-8-9-19(14(3)12-18)24-21(22)20-15(4)11-13(2)16(5)17(20)6;;/h8-9,11-12,24H,7,10H2,1-6H3;;. The first-order valence-corrected chi connectivity index (χ1v) is 9.47. The van der Waals surface area contributed by atoms with Crippen LogP contribution in [0.15, 0.2) is 24.3 Å². The number of benzene rings is 2. The maximum absolute atomic E-state index is 12.9. The Morgan fingerprint density at radius 3 is 2.24 bits per heavy atom. The molecule has 0 saturated heterocycles. The number of hydrogen-bond donors (Lipinski definition) is 0. The SMILES string of the molecule is CCCOc1ccc(PC(=O)c2c(C)cc(C)c(C)c2C)c(C)c1.[LiH]. The fourth-order valence-electron chi connectivity index (χ4n) is 2.90. The van der Waals surface area contributed by atoms with Crippen molar-refractivity contribution in [3.63, 3.8) is 0 Å². The minimum atomic E-state index is 0. The van der Waals surface area contributed by atoms with Gasteiger partial charge in [0.1, 0.15) is 5.75 Å². The Bertz CT molecular complexity index is 769. The first-order chi connectivity index (χ1) is 11.3. The summed E-state index contributed by atoms with van der Waals surface area (Å²) < 4.78 is 5.67. The number of rotatable bonds is 6. The van der Waals surface area contributed by atoms with Crippen molar-refractivity contribution in [2.75, 3.05) is 6.61 Å². The Balaban J connectivity index is 0.00000312. The van der Waals surface area contributed by atoms with Gasteiger partial charge in [0, 0.05) is 5.56 Å². The molecule has 0 heterocycles. The number of carbonyl (C=O) groups is 1. The minimum absolute atomic E-state index is 0. The second-order valence-electron chi connectivity index (χ2n) is 6.41. The van der Waals surface area contributed by atoms with E-state index in [1.165, 1.54) is 11.1 Å². The van der Waals surface area contributed by atoms with E-state index < -0.39 is 0 Å². The van der Waals surface area contributed by atoms with Gasteiger partial charge in [0.25, 0.3) is 0 Å². The Kier molecular flexibility index (Phi) is 8.43. The van der Waals surface area contributed by atoms with E-state index in [-0.39, 0.29) is 33.0 Å². The molecule has 0 fully saturated rings. The van der Waals surface area contributed by atoms with Crippen molar-refractivity contribution < 1.29 is 9.53 Å². The zero-order valence-electron chi connectivity index (χ0n) is 15.5. The predicted octanol–water partition coefficient (Wildman–Crippen LogP) is 4.51. The van der Waals surface area contributed by atoms with Gasteiger partial charge in [-0.2, -0.15) is 0 Å². The Morgan fingerprint density at radius 2 is 1.64 bits per heavy atom. The first-order valence-electron chi connectivity index (χ1n) is 8.47. The average Bonchev–Trinajstić information content (AvgIpc) is 2.53. The van der Waals surface area contributed by atoms with Crippen LogP contribution in [-0.2, 0) is 0 Å². The van der Waals surface area contributed by atoms with E-state index in [1.807, 2.05) is 25.1 Å². The zero-order chi connectivity index (χ0) is 17.9. The van der Waals surface area contributed by atoms with Crippen molar-refractivity contribution in [3.8, 4) is 5.75 Å². The molecule has 2 aromatic carbocycles. The average molecular weight is 350 g/mol. The summed E-state index contributed by atoms with van der Waals surface area (Å²) >= 11 is 0. The molecule has 0 amide bonds. The Hall–Kier alpha value is -1.06. The molecular weight excluding hydrogens is 322 g/mol. The van der Waals surface area contributed by atoms with Gasteiger partial charge >= 0.3 is 18.9 Å². The van der Waals surface area contributed by atoms with Crippen LogP contribution in [0.1, 0.15) is 51.5 Å². The summed E-state index contributed by atoms with van der Waals surface area (Å²) in [6.07, 6.45) is 0.992. The maximum atomic E-state index is 12.9. The number of carbonyl (C=O) groups excluding carboxylic acids is 1. The van der Waals surface area contributed by atoms with Crippen molar-refractivity contribution >= 4 is 38.3 Å². The molecule has 25 heavy (non-hydrogen) atoms. The van der Waals surface area contributed by atoms with Crippen LogP contribution in [-0.4, -0.2) is 31.0 Å². The van der Waals surface area contributed by atoms with E-state index >= 15 is 0 Å². The topological polar surface area (TPSA) is 26.3 Å². The third-order valence-corrected chi connectivity index (χ3v) is 5.81. The van der Waals surface area contributed by atoms with Gasteiger partial charge in [-0.05, 0) is 94.9 Å². The molecule has 0 aliphatic carbocycles. The van der Waals surface area contributed by atoms with Gasteiger partial charge < -0.3 is 4.74 Å². The van der Waals surface area contributed by atoms with Gasteiger partial charge in [-0.25, -0.2) is 0 Å². The molecule has 0 aliphatic heterocycles. The van der Waals surface area contributed by atoms with Crippen molar-refractivity contribution in [1.82, 2.24) is 0 Å². The quantitative estimate of drug-likeness (QED) is 0.566. The second-order valence-corrected chi connectivity index (χ2v) is 7.66. The van der Waals surface area contributed by atoms with Crippen LogP contribution in [0.4, 0.5) is 0 Å². The van der Waals surface area contributed by atoms with Crippen LogP contribution in [0.3, 0.4) is 0 Å². The molecule has 2 aromatic rings. The normalized spacial score (nSPS) is 10.8. The molecule has 0 saturated carbocycles. The molecule has 0 N–H and O–H groups in total. The van der Waals surface area contributed by atoms with Crippen LogP contribution < -0.4 is 10.0 Å². The summed E-state index contributed by atoms with van der Waals surface area (Å²) in [6.45, 7) is 13.2. The van der Waals surface area contributed by atoms with Crippen LogP contribution in [0.2, 0.25) is 0 Å². The van der Waals surface area contributed by atoms with Gasteiger partial charge in [-0.3, -0.25) is 4.79 Å². The van der Waals surface area contributed by atoms with Gasteiger partial charge in [-0.1, -0.05) is 19.1 Å². The first kappa shape index (κ1) is 22.0. The summed E-state index contributed by atoms with van der Waals surface area (Å²) in [7, 11) is 0.145. The third kappa shape index (κ3) is 5.21. The van der Waals surface area contributed by atoms with E-state index in [1.54, 1.807) is 0 Å². The van der Waals surface area contributed by atoms with Crippen LogP contribution >= 0.6 is 8.58 Å². The second kappa shape index (κ2) is 9.58. The zero-order valence-corrected chi connectivity index (χ0v) is 16.5. The van der Waals surface area contributed by atoms with Gasteiger partial charge in [-0.15, -0.1) is 0 Å². The van der Waals surface area contributed by atoms with E-state index in [9.17, 15) is 4.79 Å². The van der Waals surface area contributed by atoms with Crippen LogP contribution in [0, 0.1) is 34.6 Å². The van der Waals surface area contributed by atoms with E-state index in [0.717, 1.165) is 46.3 Å². The summed E-state index contributed by atoms with van der Waals surface area (Å²) in [6, 6.07) is 8.15. The number of aryl methyl sites for hydroxylation is 3. The van der Waals surface area contributed by atoms with Gasteiger partial charge in [0.05, 0.1) is 6.61 Å². The fraction of sp³-hybridized carbons (Fsp3) is 0.381. The predicted molar refractivity (Wildman–Crippen MR) is 112 cm³/mol. The van der Waals surface area contributed by atoms with Crippen LogP contribution in [0.5, 0.6) is 5.75 Å². The Labute approximate surface area is 165 Å². The van der Waals surface area contributed by atoms with Crippen molar-refractivity contribution in [1.29, 1.82) is 0 Å². The molecular formula is C21H28LiO2P. The van der Waals surface area contributed by atoms with E-state index in [4.69, 9.17) is 4.74 Å². The fourth-order valence-corrected chi connectivity index (χ4v) is 4.09. The molecule has 0 aliphatic rings. The molecule has 0 radical (unpaired) electrons. The summed E-state index contributed by atoms with van der Waals surface area (Å²) in [5, 5.41) is 1.10. The van der Waals surface area contributed by atoms with Crippen molar-refractivity contribution in [2.45, 2.75) is 48.0 Å². The third-order valence-electron chi connectivity index (χ3n) is 4.50. The molecule has 0 bridgehead atoms. The number of ether oxygens (including phenoxy) is 1. The molecule has 130 valence electrons. The van der Waals surface area contributed by atoms with E-state index in [0.29, 0.717) is 0 Å². The molecule has 1 unspecified atom stereocenters. The summed E-state index contributed by atoms with van der Waals surface area (Å²) in [5.74, 6) is 0.883.